The molecule has 1 aromatic heterocycles. The fraction of sp³-hybridized carbons (Fsp3) is 0.625. The van der Waals surface area contributed by atoms with Gasteiger partial charge >= 0.3 is 6.18 Å². The Morgan fingerprint density at radius 2 is 1.71 bits per heavy atom. The maximum atomic E-state index is 12.0. The lowest BCUT2D eigenvalue weighted by molar-refractivity contribution is -0.115. The second-order valence-corrected chi connectivity index (χ2v) is 3.40. The minimum absolute atomic E-state index is 0.120. The van der Waals surface area contributed by atoms with E-state index < -0.39 is 12.7 Å². The molecular weight excluding hydrogens is 237 g/mol. The number of aromatic nitrogens is 3. The minimum atomic E-state index is -4.31. The Balaban J connectivity index is 2.87. The molecule has 17 heavy (non-hydrogen) atoms. The summed E-state index contributed by atoms with van der Waals surface area (Å²) in [6.07, 6.45) is -4.31. The van der Waals surface area contributed by atoms with Gasteiger partial charge in [-0.15, -0.1) is 0 Å². The van der Waals surface area contributed by atoms with Crippen LogP contribution in [0.4, 0.5) is 31.0 Å². The highest BCUT2D eigenvalue weighted by molar-refractivity contribution is 5.42. The predicted octanol–water partition coefficient (Wildman–Crippen LogP) is 0.953. The van der Waals surface area contributed by atoms with Crippen LogP contribution in [0.25, 0.3) is 0 Å². The van der Waals surface area contributed by atoms with Gasteiger partial charge in [-0.2, -0.15) is 28.1 Å². The van der Waals surface area contributed by atoms with Crippen molar-refractivity contribution in [1.29, 1.82) is 0 Å². The van der Waals surface area contributed by atoms with Crippen molar-refractivity contribution in [2.45, 2.75) is 6.18 Å². The molecule has 0 fully saturated rings. The fourth-order valence-corrected chi connectivity index (χ4v) is 0.935. The van der Waals surface area contributed by atoms with Crippen LogP contribution in [0.15, 0.2) is 0 Å². The van der Waals surface area contributed by atoms with Gasteiger partial charge < -0.3 is 15.5 Å². The third kappa shape index (κ3) is 4.29. The molecule has 1 heterocycles. The summed E-state index contributed by atoms with van der Waals surface area (Å²) >= 11 is 0. The number of alkyl halides is 3. The number of rotatable bonds is 4. The highest BCUT2D eigenvalue weighted by Gasteiger charge is 2.27. The summed E-state index contributed by atoms with van der Waals surface area (Å²) in [4.78, 5) is 13.1. The maximum absolute atomic E-state index is 12.0. The molecular formula is C8H13F3N6. The lowest BCUT2D eigenvalue weighted by atomic mass is 10.6. The zero-order valence-corrected chi connectivity index (χ0v) is 9.63. The van der Waals surface area contributed by atoms with E-state index in [1.165, 1.54) is 0 Å². The van der Waals surface area contributed by atoms with Crippen LogP contribution in [0.3, 0.4) is 0 Å². The van der Waals surface area contributed by atoms with Crippen LogP contribution in [-0.2, 0) is 0 Å². The van der Waals surface area contributed by atoms with E-state index in [9.17, 15) is 13.2 Å². The third-order valence-electron chi connectivity index (χ3n) is 1.69. The highest BCUT2D eigenvalue weighted by atomic mass is 19.4. The number of anilines is 3. The van der Waals surface area contributed by atoms with Crippen LogP contribution in [-0.4, -0.2) is 48.8 Å². The van der Waals surface area contributed by atoms with Gasteiger partial charge in [0.1, 0.15) is 6.54 Å². The molecule has 6 nitrogen and oxygen atoms in total. The molecule has 0 unspecified atom stereocenters. The lowest BCUT2D eigenvalue weighted by Crippen LogP contribution is -2.23. The second-order valence-electron chi connectivity index (χ2n) is 3.40. The monoisotopic (exact) mass is 250 g/mol. The Morgan fingerprint density at radius 1 is 1.12 bits per heavy atom. The van der Waals surface area contributed by atoms with Crippen LogP contribution in [0, 0.1) is 0 Å². The zero-order valence-electron chi connectivity index (χ0n) is 9.63. The van der Waals surface area contributed by atoms with Crippen molar-refractivity contribution in [3.8, 4) is 0 Å². The van der Waals surface area contributed by atoms with E-state index >= 15 is 0 Å². The first kappa shape index (κ1) is 13.3. The van der Waals surface area contributed by atoms with Crippen LogP contribution in [0.2, 0.25) is 0 Å². The van der Waals surface area contributed by atoms with Crippen molar-refractivity contribution in [3.63, 3.8) is 0 Å². The van der Waals surface area contributed by atoms with Crippen LogP contribution in [0.1, 0.15) is 0 Å². The number of halogens is 3. The van der Waals surface area contributed by atoms with E-state index in [4.69, 9.17) is 0 Å². The molecule has 2 N–H and O–H groups in total. The molecule has 0 aromatic carbocycles. The summed E-state index contributed by atoms with van der Waals surface area (Å²) in [5.74, 6) is 0.354. The Morgan fingerprint density at radius 3 is 2.18 bits per heavy atom. The van der Waals surface area contributed by atoms with Crippen LogP contribution in [0.5, 0.6) is 0 Å². The summed E-state index contributed by atoms with van der Waals surface area (Å²) in [5, 5.41) is 4.75. The first-order chi connectivity index (χ1) is 7.81. The standard InChI is InChI=1S/C8H13F3N6/c1-12-5-14-6(13-4-8(9,10)11)16-7(15-5)17(2)3/h4H2,1-3H3,(H2,12,13,14,15,16). The van der Waals surface area contributed by atoms with Gasteiger partial charge in [-0.1, -0.05) is 0 Å². The lowest BCUT2D eigenvalue weighted by Gasteiger charge is -2.13. The molecule has 0 aliphatic rings. The molecule has 0 bridgehead atoms. The molecule has 0 saturated carbocycles. The molecule has 0 radical (unpaired) electrons. The van der Waals surface area contributed by atoms with Gasteiger partial charge in [0.15, 0.2) is 0 Å². The number of nitrogens with one attached hydrogen (secondary N) is 2. The van der Waals surface area contributed by atoms with Crippen molar-refractivity contribution in [2.24, 2.45) is 0 Å². The van der Waals surface area contributed by atoms with Gasteiger partial charge in [-0.25, -0.2) is 0 Å². The van der Waals surface area contributed by atoms with Gasteiger partial charge in [0.25, 0.3) is 0 Å². The molecule has 96 valence electrons. The second kappa shape index (κ2) is 5.02. The normalized spacial score (nSPS) is 11.2. The zero-order chi connectivity index (χ0) is 13.1. The highest BCUT2D eigenvalue weighted by Crippen LogP contribution is 2.16. The van der Waals surface area contributed by atoms with E-state index in [-0.39, 0.29) is 17.8 Å². The number of hydrogen-bond donors (Lipinski definition) is 2. The summed E-state index contributed by atoms with van der Waals surface area (Å²) in [6.45, 7) is -1.19. The van der Waals surface area contributed by atoms with E-state index in [1.807, 2.05) is 0 Å². The molecule has 0 spiro atoms. The topological polar surface area (TPSA) is 66.0 Å². The summed E-state index contributed by atoms with van der Waals surface area (Å²) < 4.78 is 36.1. The van der Waals surface area contributed by atoms with Crippen LogP contribution >= 0.6 is 0 Å². The van der Waals surface area contributed by atoms with E-state index in [1.54, 1.807) is 26.0 Å². The quantitative estimate of drug-likeness (QED) is 0.829. The minimum Gasteiger partial charge on any atom is -0.357 e. The first-order valence-electron chi connectivity index (χ1n) is 4.73. The Labute approximate surface area is 96.3 Å². The van der Waals surface area contributed by atoms with Gasteiger partial charge in [0.2, 0.25) is 17.8 Å². The molecule has 9 heteroatoms. The molecule has 1 aromatic rings. The first-order valence-corrected chi connectivity index (χ1v) is 4.73. The molecule has 0 aliphatic heterocycles. The van der Waals surface area contributed by atoms with Gasteiger partial charge in [0, 0.05) is 21.1 Å². The van der Waals surface area contributed by atoms with Crippen molar-refractivity contribution < 1.29 is 13.2 Å². The van der Waals surface area contributed by atoms with E-state index in [2.05, 4.69) is 25.6 Å². The fourth-order valence-electron chi connectivity index (χ4n) is 0.935. The SMILES string of the molecule is CNc1nc(NCC(F)(F)F)nc(N(C)C)n1. The van der Waals surface area contributed by atoms with Crippen molar-refractivity contribution >= 4 is 17.8 Å². The molecule has 1 rings (SSSR count). The van der Waals surface area contributed by atoms with E-state index in [0.717, 1.165) is 0 Å². The largest absolute Gasteiger partial charge is 0.405 e. The predicted molar refractivity (Wildman–Crippen MR) is 58.2 cm³/mol. The molecule has 0 amide bonds. The van der Waals surface area contributed by atoms with Crippen LogP contribution < -0.4 is 15.5 Å². The van der Waals surface area contributed by atoms with Crippen molar-refractivity contribution in [3.05, 3.63) is 0 Å². The van der Waals surface area contributed by atoms with Gasteiger partial charge in [-0.3, -0.25) is 0 Å². The molecule has 0 atom stereocenters. The Hall–Kier alpha value is -1.80. The molecule has 0 aliphatic carbocycles. The smallest absolute Gasteiger partial charge is 0.357 e. The summed E-state index contributed by atoms with van der Waals surface area (Å²) in [7, 11) is 4.94. The van der Waals surface area contributed by atoms with Gasteiger partial charge in [0.05, 0.1) is 0 Å². The number of nitrogens with zero attached hydrogens (tertiary/aromatic N) is 4. The maximum Gasteiger partial charge on any atom is 0.405 e. The average Bonchev–Trinajstić information content (AvgIpc) is 2.25. The van der Waals surface area contributed by atoms with Crippen molar-refractivity contribution in [2.75, 3.05) is 43.2 Å². The van der Waals surface area contributed by atoms with E-state index in [0.29, 0.717) is 0 Å². The Kier molecular flexibility index (Phi) is 3.92. The summed E-state index contributed by atoms with van der Waals surface area (Å²) in [6, 6.07) is 0. The van der Waals surface area contributed by atoms with Crippen molar-refractivity contribution in [1.82, 2.24) is 15.0 Å². The molecule has 0 saturated heterocycles. The number of hydrogen-bond acceptors (Lipinski definition) is 6. The average molecular weight is 250 g/mol. The summed E-state index contributed by atoms with van der Waals surface area (Å²) in [5.41, 5.74) is 0. The third-order valence-corrected chi connectivity index (χ3v) is 1.69. The van der Waals surface area contributed by atoms with Gasteiger partial charge in [-0.05, 0) is 0 Å². The Bertz CT molecular complexity index is 378.